The van der Waals surface area contributed by atoms with Gasteiger partial charge in [0, 0.05) is 18.3 Å². The largest absolute Gasteiger partial charge is 0.497 e. The smallest absolute Gasteiger partial charge is 0.416 e. The van der Waals surface area contributed by atoms with Gasteiger partial charge in [-0.1, -0.05) is 38.1 Å². The van der Waals surface area contributed by atoms with Crippen LogP contribution in [-0.4, -0.2) is 22.4 Å². The first-order chi connectivity index (χ1) is 13.8. The maximum atomic E-state index is 12.9. The zero-order chi connectivity index (χ0) is 21.6. The number of hydrogen-bond donors (Lipinski definition) is 0. The molecule has 0 N–H and O–H groups in total. The first-order valence-electron chi connectivity index (χ1n) is 9.16. The molecule has 4 nitrogen and oxygen atoms in total. The fourth-order valence-electron chi connectivity index (χ4n) is 2.74. The second-order valence-electron chi connectivity index (χ2n) is 6.09. The lowest BCUT2D eigenvalue weighted by molar-refractivity contribution is -0.137. The van der Waals surface area contributed by atoms with Crippen molar-refractivity contribution in [2.24, 2.45) is 0 Å². The van der Waals surface area contributed by atoms with Gasteiger partial charge in [-0.2, -0.15) is 13.2 Å². The normalized spacial score (nSPS) is 10.9. The molecular formula is C22H23F3N2O2. The number of ether oxygens (including phenoxy) is 1. The van der Waals surface area contributed by atoms with Crippen molar-refractivity contribution in [3.05, 3.63) is 82.9 Å². The van der Waals surface area contributed by atoms with E-state index in [1.54, 1.807) is 36.9 Å². The molecule has 0 amide bonds. The van der Waals surface area contributed by atoms with E-state index in [4.69, 9.17) is 4.74 Å². The Morgan fingerprint density at radius 3 is 2.34 bits per heavy atom. The lowest BCUT2D eigenvalue weighted by Crippen LogP contribution is -2.13. The van der Waals surface area contributed by atoms with Crippen LogP contribution in [0.25, 0.3) is 0 Å². The molecule has 3 rings (SSSR count). The number of halogens is 3. The van der Waals surface area contributed by atoms with Gasteiger partial charge in [0.15, 0.2) is 5.82 Å². The zero-order valence-corrected chi connectivity index (χ0v) is 16.7. The minimum Gasteiger partial charge on any atom is -0.497 e. The second kappa shape index (κ2) is 9.41. The molecule has 0 unspecified atom stereocenters. The molecule has 0 aliphatic carbocycles. The van der Waals surface area contributed by atoms with E-state index in [0.717, 1.165) is 17.7 Å². The van der Waals surface area contributed by atoms with Crippen LogP contribution in [0.1, 0.15) is 46.9 Å². The van der Waals surface area contributed by atoms with Crippen molar-refractivity contribution < 1.29 is 22.7 Å². The van der Waals surface area contributed by atoms with Gasteiger partial charge in [-0.05, 0) is 36.8 Å². The van der Waals surface area contributed by atoms with Gasteiger partial charge >= 0.3 is 6.18 Å². The quantitative estimate of drug-likeness (QED) is 0.526. The number of imidazole rings is 1. The van der Waals surface area contributed by atoms with Crippen molar-refractivity contribution in [2.45, 2.75) is 33.5 Å². The molecule has 0 saturated carbocycles. The highest BCUT2D eigenvalue weighted by Gasteiger charge is 2.31. The third-order valence-corrected chi connectivity index (χ3v) is 4.06. The Balaban J connectivity index is 0.00000145. The highest BCUT2D eigenvalue weighted by Crippen LogP contribution is 2.30. The Morgan fingerprint density at radius 1 is 1.10 bits per heavy atom. The van der Waals surface area contributed by atoms with Crippen molar-refractivity contribution in [1.82, 2.24) is 9.55 Å². The Morgan fingerprint density at radius 2 is 1.76 bits per heavy atom. The number of carbonyl (C=O) groups is 1. The Labute approximate surface area is 168 Å². The van der Waals surface area contributed by atoms with Crippen LogP contribution in [0.5, 0.6) is 5.75 Å². The van der Waals surface area contributed by atoms with E-state index in [2.05, 4.69) is 4.98 Å². The average Bonchev–Trinajstić information content (AvgIpc) is 3.09. The van der Waals surface area contributed by atoms with Crippen LogP contribution in [0.2, 0.25) is 0 Å². The standard InChI is InChI=1S/C20H17F3N2O2.C2H6/c1-13-11-25(12-14-6-8-17(27-2)9-7-14)19(24-13)18(26)15-4-3-5-16(10-15)20(21,22)23;1-2/h3-11H,12H2,1-2H3;1-2H3. The number of ketones is 1. The summed E-state index contributed by atoms with van der Waals surface area (Å²) in [7, 11) is 1.57. The molecule has 2 aromatic carbocycles. The molecule has 0 spiro atoms. The summed E-state index contributed by atoms with van der Waals surface area (Å²) in [6.07, 6.45) is -2.81. The molecule has 3 aromatic rings. The molecule has 154 valence electrons. The Bertz CT molecular complexity index is 961. The van der Waals surface area contributed by atoms with Gasteiger partial charge in [-0.15, -0.1) is 0 Å². The molecule has 0 aliphatic rings. The number of rotatable bonds is 5. The van der Waals surface area contributed by atoms with Gasteiger partial charge in [0.1, 0.15) is 5.75 Å². The van der Waals surface area contributed by atoms with Gasteiger partial charge < -0.3 is 9.30 Å². The highest BCUT2D eigenvalue weighted by atomic mass is 19.4. The molecule has 7 heteroatoms. The van der Waals surface area contributed by atoms with Crippen LogP contribution in [0.15, 0.2) is 54.7 Å². The van der Waals surface area contributed by atoms with Crippen molar-refractivity contribution >= 4 is 5.78 Å². The molecule has 0 radical (unpaired) electrons. The molecular weight excluding hydrogens is 381 g/mol. The van der Waals surface area contributed by atoms with Crippen LogP contribution in [-0.2, 0) is 12.7 Å². The third-order valence-electron chi connectivity index (χ3n) is 4.06. The molecule has 29 heavy (non-hydrogen) atoms. The molecule has 0 atom stereocenters. The minimum absolute atomic E-state index is 0.0496. The lowest BCUT2D eigenvalue weighted by atomic mass is 10.1. The summed E-state index contributed by atoms with van der Waals surface area (Å²) < 4.78 is 45.5. The van der Waals surface area contributed by atoms with Gasteiger partial charge in [0.05, 0.1) is 18.4 Å². The molecule has 0 bridgehead atoms. The van der Waals surface area contributed by atoms with Crippen molar-refractivity contribution in [3.63, 3.8) is 0 Å². The van der Waals surface area contributed by atoms with Crippen molar-refractivity contribution in [2.75, 3.05) is 7.11 Å². The summed E-state index contributed by atoms with van der Waals surface area (Å²) in [6.45, 7) is 6.10. The molecule has 0 aliphatic heterocycles. The van der Waals surface area contributed by atoms with Crippen molar-refractivity contribution in [3.8, 4) is 5.75 Å². The van der Waals surface area contributed by atoms with E-state index in [0.29, 0.717) is 18.0 Å². The average molecular weight is 404 g/mol. The first-order valence-corrected chi connectivity index (χ1v) is 9.16. The number of alkyl halides is 3. The number of carbonyl (C=O) groups excluding carboxylic acids is 1. The summed E-state index contributed by atoms with van der Waals surface area (Å²) in [6, 6.07) is 11.7. The fraction of sp³-hybridized carbons (Fsp3) is 0.273. The summed E-state index contributed by atoms with van der Waals surface area (Å²) in [4.78, 5) is 17.0. The van der Waals surface area contributed by atoms with Crippen LogP contribution in [0.4, 0.5) is 13.2 Å². The number of hydrogen-bond acceptors (Lipinski definition) is 3. The summed E-state index contributed by atoms with van der Waals surface area (Å²) >= 11 is 0. The third kappa shape index (κ3) is 5.47. The Kier molecular flexibility index (Phi) is 7.20. The molecule has 0 saturated heterocycles. The zero-order valence-electron chi connectivity index (χ0n) is 16.7. The van der Waals surface area contributed by atoms with E-state index in [9.17, 15) is 18.0 Å². The number of aryl methyl sites for hydroxylation is 1. The molecule has 0 fully saturated rings. The van der Waals surface area contributed by atoms with E-state index in [1.165, 1.54) is 12.1 Å². The lowest BCUT2D eigenvalue weighted by Gasteiger charge is -2.10. The van der Waals surface area contributed by atoms with Gasteiger partial charge in [-0.25, -0.2) is 4.98 Å². The number of methoxy groups -OCH3 is 1. The Hall–Kier alpha value is -3.09. The number of benzene rings is 2. The maximum absolute atomic E-state index is 12.9. The van der Waals surface area contributed by atoms with Gasteiger partial charge in [0.2, 0.25) is 5.78 Å². The van der Waals surface area contributed by atoms with Crippen LogP contribution in [0.3, 0.4) is 0 Å². The molecule has 1 heterocycles. The number of nitrogens with zero attached hydrogens (tertiary/aromatic N) is 2. The molecule has 1 aromatic heterocycles. The summed E-state index contributed by atoms with van der Waals surface area (Å²) in [5, 5.41) is 0. The maximum Gasteiger partial charge on any atom is 0.416 e. The van der Waals surface area contributed by atoms with Gasteiger partial charge in [-0.3, -0.25) is 4.79 Å². The van der Waals surface area contributed by atoms with Crippen LogP contribution in [0, 0.1) is 6.92 Å². The fourth-order valence-corrected chi connectivity index (χ4v) is 2.74. The summed E-state index contributed by atoms with van der Waals surface area (Å²) in [5.41, 5.74) is 0.606. The predicted octanol–water partition coefficient (Wildman–Crippen LogP) is 5.52. The number of aromatic nitrogens is 2. The predicted molar refractivity (Wildman–Crippen MR) is 105 cm³/mol. The monoisotopic (exact) mass is 404 g/mol. The van der Waals surface area contributed by atoms with Crippen LogP contribution < -0.4 is 4.74 Å². The van der Waals surface area contributed by atoms with E-state index >= 15 is 0 Å². The van der Waals surface area contributed by atoms with E-state index in [1.807, 2.05) is 26.0 Å². The first kappa shape index (κ1) is 22.2. The minimum atomic E-state index is -4.51. The van der Waals surface area contributed by atoms with Crippen LogP contribution >= 0.6 is 0 Å². The second-order valence-corrected chi connectivity index (χ2v) is 6.09. The topological polar surface area (TPSA) is 44.1 Å². The highest BCUT2D eigenvalue weighted by molar-refractivity contribution is 6.06. The van der Waals surface area contributed by atoms with E-state index in [-0.39, 0.29) is 11.4 Å². The van der Waals surface area contributed by atoms with Gasteiger partial charge in [0.25, 0.3) is 0 Å². The SMILES string of the molecule is CC.COc1ccc(Cn2cc(C)nc2C(=O)c2cccc(C(F)(F)F)c2)cc1. The van der Waals surface area contributed by atoms with Crippen molar-refractivity contribution in [1.29, 1.82) is 0 Å². The summed E-state index contributed by atoms with van der Waals surface area (Å²) in [5.74, 6) is 0.256. The van der Waals surface area contributed by atoms with E-state index < -0.39 is 17.5 Å².